The van der Waals surface area contributed by atoms with Crippen molar-refractivity contribution in [3.05, 3.63) is 28.5 Å². The molecule has 0 unspecified atom stereocenters. The molecule has 2 nitrogen and oxygen atoms in total. The molecule has 0 atom stereocenters. The highest BCUT2D eigenvalue weighted by atomic mass is 79.9. The van der Waals surface area contributed by atoms with E-state index < -0.39 is 5.82 Å². The van der Waals surface area contributed by atoms with Gasteiger partial charge in [0.15, 0.2) is 11.6 Å². The molecule has 1 aromatic carbocycles. The van der Waals surface area contributed by atoms with Crippen LogP contribution in [0.1, 0.15) is 0 Å². The topological polar surface area (TPSA) is 29.5 Å². The van der Waals surface area contributed by atoms with Crippen LogP contribution in [0.2, 0.25) is 0 Å². The first-order valence-corrected chi connectivity index (χ1v) is 4.22. The molecule has 0 bridgehead atoms. The third-order valence-electron chi connectivity index (χ3n) is 1.24. The van der Waals surface area contributed by atoms with Crippen LogP contribution < -0.4 is 4.74 Å². The van der Waals surface area contributed by atoms with Gasteiger partial charge in [-0.1, -0.05) is 15.9 Å². The fourth-order valence-corrected chi connectivity index (χ4v) is 1.08. The molecule has 0 aromatic heterocycles. The van der Waals surface area contributed by atoms with Gasteiger partial charge >= 0.3 is 0 Å². The van der Waals surface area contributed by atoms with Crippen molar-refractivity contribution in [3.63, 3.8) is 0 Å². The van der Waals surface area contributed by atoms with Gasteiger partial charge in [0.1, 0.15) is 6.61 Å². The summed E-state index contributed by atoms with van der Waals surface area (Å²) >= 11 is 3.18. The van der Waals surface area contributed by atoms with E-state index in [1.807, 2.05) is 0 Å². The van der Waals surface area contributed by atoms with E-state index in [4.69, 9.17) is 9.84 Å². The summed E-state index contributed by atoms with van der Waals surface area (Å²) < 4.78 is 18.5. The van der Waals surface area contributed by atoms with Crippen LogP contribution in [0, 0.1) is 5.82 Å². The van der Waals surface area contributed by atoms with Crippen molar-refractivity contribution in [3.8, 4) is 5.75 Å². The molecular formula is C8H8BrFO2. The lowest BCUT2D eigenvalue weighted by molar-refractivity contribution is 0.196. The number of halogens is 2. The molecule has 0 amide bonds. The van der Waals surface area contributed by atoms with Crippen LogP contribution >= 0.6 is 15.9 Å². The van der Waals surface area contributed by atoms with E-state index in [1.165, 1.54) is 12.1 Å². The maximum Gasteiger partial charge on any atom is 0.165 e. The van der Waals surface area contributed by atoms with Gasteiger partial charge < -0.3 is 9.84 Å². The predicted molar refractivity (Wildman–Crippen MR) is 46.7 cm³/mol. The summed E-state index contributed by atoms with van der Waals surface area (Å²) in [6.45, 7) is -0.0146. The van der Waals surface area contributed by atoms with Crippen molar-refractivity contribution >= 4 is 15.9 Å². The molecule has 0 fully saturated rings. The number of aliphatic hydroxyl groups is 1. The summed E-state index contributed by atoms with van der Waals surface area (Å²) in [5.74, 6) is -0.273. The number of hydrogen-bond acceptors (Lipinski definition) is 2. The van der Waals surface area contributed by atoms with Crippen LogP contribution in [0.3, 0.4) is 0 Å². The number of aliphatic hydroxyl groups excluding tert-OH is 1. The molecule has 0 spiro atoms. The minimum absolute atomic E-state index is 0.105. The summed E-state index contributed by atoms with van der Waals surface area (Å²) in [7, 11) is 0. The average Bonchev–Trinajstić information content (AvgIpc) is 2.07. The first-order chi connectivity index (χ1) is 5.74. The predicted octanol–water partition coefficient (Wildman–Crippen LogP) is 1.96. The van der Waals surface area contributed by atoms with Crippen molar-refractivity contribution in [2.24, 2.45) is 0 Å². The van der Waals surface area contributed by atoms with E-state index in [2.05, 4.69) is 15.9 Å². The smallest absolute Gasteiger partial charge is 0.165 e. The first-order valence-electron chi connectivity index (χ1n) is 3.43. The van der Waals surface area contributed by atoms with Crippen molar-refractivity contribution in [2.45, 2.75) is 0 Å². The molecule has 1 rings (SSSR count). The molecule has 0 radical (unpaired) electrons. The quantitative estimate of drug-likeness (QED) is 0.867. The summed E-state index contributed by atoms with van der Waals surface area (Å²) in [6, 6.07) is 4.41. The maximum absolute atomic E-state index is 12.9. The van der Waals surface area contributed by atoms with Crippen LogP contribution in [-0.2, 0) is 0 Å². The van der Waals surface area contributed by atoms with Crippen LogP contribution in [0.4, 0.5) is 4.39 Å². The highest BCUT2D eigenvalue weighted by Gasteiger charge is 2.02. The lowest BCUT2D eigenvalue weighted by Gasteiger charge is -2.04. The molecule has 0 saturated carbocycles. The summed E-state index contributed by atoms with van der Waals surface area (Å²) in [6.07, 6.45) is 0. The molecule has 0 saturated heterocycles. The minimum atomic E-state index is -0.424. The summed E-state index contributed by atoms with van der Waals surface area (Å²) in [5, 5.41) is 8.43. The Hall–Kier alpha value is -0.610. The van der Waals surface area contributed by atoms with Gasteiger partial charge in [-0.25, -0.2) is 4.39 Å². The van der Waals surface area contributed by atoms with Crippen molar-refractivity contribution < 1.29 is 14.2 Å². The van der Waals surface area contributed by atoms with Gasteiger partial charge in [-0.05, 0) is 18.2 Å². The molecule has 12 heavy (non-hydrogen) atoms. The van der Waals surface area contributed by atoms with Crippen LogP contribution in [0.5, 0.6) is 5.75 Å². The first kappa shape index (κ1) is 9.48. The Labute approximate surface area is 78.1 Å². The van der Waals surface area contributed by atoms with Gasteiger partial charge in [-0.15, -0.1) is 0 Å². The fraction of sp³-hybridized carbons (Fsp3) is 0.250. The van der Waals surface area contributed by atoms with Gasteiger partial charge in [0, 0.05) is 4.47 Å². The van der Waals surface area contributed by atoms with Crippen molar-refractivity contribution in [2.75, 3.05) is 13.2 Å². The zero-order valence-corrected chi connectivity index (χ0v) is 7.84. The van der Waals surface area contributed by atoms with Crippen LogP contribution in [0.15, 0.2) is 22.7 Å². The van der Waals surface area contributed by atoms with E-state index in [0.717, 1.165) is 4.47 Å². The highest BCUT2D eigenvalue weighted by Crippen LogP contribution is 2.21. The molecular weight excluding hydrogens is 227 g/mol. The molecule has 66 valence electrons. The SMILES string of the molecule is OCCOc1cc(Br)ccc1F. The number of benzene rings is 1. The van der Waals surface area contributed by atoms with Crippen LogP contribution in [-0.4, -0.2) is 18.3 Å². The second-order valence-corrected chi connectivity index (χ2v) is 3.06. The lowest BCUT2D eigenvalue weighted by atomic mass is 10.3. The molecule has 1 N–H and O–H groups in total. The van der Waals surface area contributed by atoms with Gasteiger partial charge in [0.05, 0.1) is 6.61 Å². The third-order valence-corrected chi connectivity index (χ3v) is 1.74. The monoisotopic (exact) mass is 234 g/mol. The maximum atomic E-state index is 12.9. The second kappa shape index (κ2) is 4.42. The Morgan fingerprint density at radius 3 is 2.92 bits per heavy atom. The number of rotatable bonds is 3. The lowest BCUT2D eigenvalue weighted by Crippen LogP contribution is -2.02. The Morgan fingerprint density at radius 1 is 1.50 bits per heavy atom. The molecule has 0 aliphatic heterocycles. The van der Waals surface area contributed by atoms with E-state index in [9.17, 15) is 4.39 Å². The van der Waals surface area contributed by atoms with E-state index >= 15 is 0 Å². The van der Waals surface area contributed by atoms with Crippen LogP contribution in [0.25, 0.3) is 0 Å². The highest BCUT2D eigenvalue weighted by molar-refractivity contribution is 9.10. The van der Waals surface area contributed by atoms with Gasteiger partial charge in [-0.2, -0.15) is 0 Å². The average molecular weight is 235 g/mol. The second-order valence-electron chi connectivity index (χ2n) is 2.15. The molecule has 0 aliphatic carbocycles. The van der Waals surface area contributed by atoms with E-state index in [1.54, 1.807) is 6.07 Å². The van der Waals surface area contributed by atoms with Gasteiger partial charge in [0.2, 0.25) is 0 Å². The molecule has 0 heterocycles. The summed E-state index contributed by atoms with van der Waals surface area (Å²) in [4.78, 5) is 0. The Bertz CT molecular complexity index is 265. The molecule has 1 aromatic rings. The van der Waals surface area contributed by atoms with Gasteiger partial charge in [-0.3, -0.25) is 0 Å². The summed E-state index contributed by atoms with van der Waals surface area (Å²) in [5.41, 5.74) is 0. The Kier molecular flexibility index (Phi) is 3.49. The number of hydrogen-bond donors (Lipinski definition) is 1. The third kappa shape index (κ3) is 2.46. The minimum Gasteiger partial charge on any atom is -0.488 e. The fourth-order valence-electron chi connectivity index (χ4n) is 0.743. The molecule has 4 heteroatoms. The van der Waals surface area contributed by atoms with Crippen molar-refractivity contribution in [1.82, 2.24) is 0 Å². The number of ether oxygens (including phenoxy) is 1. The van der Waals surface area contributed by atoms with Crippen molar-refractivity contribution in [1.29, 1.82) is 0 Å². The van der Waals surface area contributed by atoms with Gasteiger partial charge in [0.25, 0.3) is 0 Å². The zero-order valence-electron chi connectivity index (χ0n) is 6.26. The largest absolute Gasteiger partial charge is 0.488 e. The van der Waals surface area contributed by atoms with E-state index in [-0.39, 0.29) is 19.0 Å². The Balaban J connectivity index is 2.75. The molecule has 0 aliphatic rings. The zero-order chi connectivity index (χ0) is 8.97. The van der Waals surface area contributed by atoms with E-state index in [0.29, 0.717) is 0 Å². The Morgan fingerprint density at radius 2 is 2.25 bits per heavy atom. The standard InChI is InChI=1S/C8H8BrFO2/c9-6-1-2-7(10)8(5-6)12-4-3-11/h1-2,5,11H,3-4H2. The normalized spacial score (nSPS) is 9.92.